The van der Waals surface area contributed by atoms with Gasteiger partial charge < -0.3 is 10.4 Å². The molecule has 0 atom stereocenters. The van der Waals surface area contributed by atoms with Crippen molar-refractivity contribution in [3.63, 3.8) is 0 Å². The molecule has 0 unspecified atom stereocenters. The highest BCUT2D eigenvalue weighted by atomic mass is 79.9. The van der Waals surface area contributed by atoms with E-state index < -0.39 is 0 Å². The minimum atomic E-state index is 0.00376. The highest BCUT2D eigenvalue weighted by Gasteiger charge is 2.17. The van der Waals surface area contributed by atoms with Crippen LogP contribution in [0.25, 0.3) is 0 Å². The van der Waals surface area contributed by atoms with Crippen LogP contribution in [-0.2, 0) is 0 Å². The molecule has 17 heavy (non-hydrogen) atoms. The number of aliphatic hydroxyl groups excluding tert-OH is 1. The van der Waals surface area contributed by atoms with Crippen LogP contribution in [0.1, 0.15) is 25.8 Å². The summed E-state index contributed by atoms with van der Waals surface area (Å²) in [7, 11) is 0. The second-order valence-corrected chi connectivity index (χ2v) is 5.71. The van der Waals surface area contributed by atoms with Crippen molar-refractivity contribution in [2.24, 2.45) is 5.41 Å². The molecule has 1 rings (SSSR count). The Labute approximate surface area is 111 Å². The van der Waals surface area contributed by atoms with Gasteiger partial charge in [-0.3, -0.25) is 0 Å². The molecule has 0 bridgehead atoms. The monoisotopic (exact) mass is 296 g/mol. The van der Waals surface area contributed by atoms with Crippen molar-refractivity contribution in [2.45, 2.75) is 20.3 Å². The van der Waals surface area contributed by atoms with E-state index in [0.29, 0.717) is 5.56 Å². The van der Waals surface area contributed by atoms with Gasteiger partial charge in [-0.25, -0.2) is 0 Å². The Hall–Kier alpha value is -1.05. The normalized spacial score (nSPS) is 11.0. The van der Waals surface area contributed by atoms with Gasteiger partial charge in [0.25, 0.3) is 0 Å². The van der Waals surface area contributed by atoms with Crippen molar-refractivity contribution < 1.29 is 5.11 Å². The van der Waals surface area contributed by atoms with E-state index >= 15 is 0 Å². The van der Waals surface area contributed by atoms with Gasteiger partial charge in [0.05, 0.1) is 11.3 Å². The van der Waals surface area contributed by atoms with Crippen LogP contribution in [0, 0.1) is 16.7 Å². The van der Waals surface area contributed by atoms with Gasteiger partial charge in [0.1, 0.15) is 6.07 Å². The Morgan fingerprint density at radius 3 is 2.76 bits per heavy atom. The zero-order valence-corrected chi connectivity index (χ0v) is 11.7. The lowest BCUT2D eigenvalue weighted by Gasteiger charge is -2.24. The Morgan fingerprint density at radius 1 is 1.47 bits per heavy atom. The SMILES string of the molecule is CC(C)(CCO)CNc1cc(Br)ccc1C#N. The lowest BCUT2D eigenvalue weighted by molar-refractivity contribution is 0.220. The molecule has 0 aromatic heterocycles. The fraction of sp³-hybridized carbons (Fsp3) is 0.462. The molecular formula is C13H17BrN2O. The standard InChI is InChI=1S/C13H17BrN2O/c1-13(2,5-6-17)9-16-12-7-11(14)4-3-10(12)8-15/h3-4,7,16-17H,5-6,9H2,1-2H3. The molecule has 0 aliphatic rings. The van der Waals surface area contributed by atoms with Gasteiger partial charge in [-0.2, -0.15) is 5.26 Å². The number of benzene rings is 1. The van der Waals surface area contributed by atoms with Crippen molar-refractivity contribution in [3.8, 4) is 6.07 Å². The Morgan fingerprint density at radius 2 is 2.18 bits per heavy atom. The van der Waals surface area contributed by atoms with E-state index in [2.05, 4.69) is 41.2 Å². The third-order valence-corrected chi connectivity index (χ3v) is 3.14. The predicted molar refractivity (Wildman–Crippen MR) is 72.8 cm³/mol. The molecule has 2 N–H and O–H groups in total. The van der Waals surface area contributed by atoms with Crippen LogP contribution in [0.5, 0.6) is 0 Å². The first-order chi connectivity index (χ1) is 7.98. The molecule has 0 aliphatic heterocycles. The highest BCUT2D eigenvalue weighted by molar-refractivity contribution is 9.10. The molecule has 4 heteroatoms. The minimum Gasteiger partial charge on any atom is -0.396 e. The number of anilines is 1. The van der Waals surface area contributed by atoms with Gasteiger partial charge >= 0.3 is 0 Å². The molecule has 0 fully saturated rings. The topological polar surface area (TPSA) is 56.0 Å². The van der Waals surface area contributed by atoms with Crippen LogP contribution in [0.2, 0.25) is 0 Å². The van der Waals surface area contributed by atoms with E-state index in [1.807, 2.05) is 12.1 Å². The Kier molecular flexibility index (Phi) is 4.98. The smallest absolute Gasteiger partial charge is 0.101 e. The Bertz CT molecular complexity index is 424. The molecule has 0 heterocycles. The van der Waals surface area contributed by atoms with E-state index in [-0.39, 0.29) is 12.0 Å². The van der Waals surface area contributed by atoms with Crippen LogP contribution >= 0.6 is 15.9 Å². The van der Waals surface area contributed by atoms with Gasteiger partial charge in [0, 0.05) is 17.6 Å². The van der Waals surface area contributed by atoms with Gasteiger partial charge in [-0.1, -0.05) is 29.8 Å². The van der Waals surface area contributed by atoms with Crippen molar-refractivity contribution in [2.75, 3.05) is 18.5 Å². The number of nitriles is 1. The first-order valence-corrected chi connectivity index (χ1v) is 6.32. The summed E-state index contributed by atoms with van der Waals surface area (Å²) in [5, 5.41) is 21.2. The van der Waals surface area contributed by atoms with Crippen molar-refractivity contribution in [1.29, 1.82) is 5.26 Å². The van der Waals surface area contributed by atoms with Crippen molar-refractivity contribution in [3.05, 3.63) is 28.2 Å². The summed E-state index contributed by atoms with van der Waals surface area (Å²) in [5.74, 6) is 0. The van der Waals surface area contributed by atoms with E-state index in [4.69, 9.17) is 10.4 Å². The largest absolute Gasteiger partial charge is 0.396 e. The first-order valence-electron chi connectivity index (χ1n) is 5.53. The summed E-state index contributed by atoms with van der Waals surface area (Å²) in [6.07, 6.45) is 0.732. The van der Waals surface area contributed by atoms with Crippen LogP contribution in [-0.4, -0.2) is 18.3 Å². The van der Waals surface area contributed by atoms with Gasteiger partial charge in [-0.15, -0.1) is 0 Å². The van der Waals surface area contributed by atoms with E-state index in [1.54, 1.807) is 6.07 Å². The molecule has 0 spiro atoms. The first kappa shape index (κ1) is 14.0. The van der Waals surface area contributed by atoms with Gasteiger partial charge in [0.15, 0.2) is 0 Å². The average molecular weight is 297 g/mol. The van der Waals surface area contributed by atoms with Crippen LogP contribution < -0.4 is 5.32 Å². The van der Waals surface area contributed by atoms with Gasteiger partial charge in [-0.05, 0) is 30.0 Å². The number of halogens is 1. The molecule has 1 aromatic carbocycles. The highest BCUT2D eigenvalue weighted by Crippen LogP contribution is 2.24. The predicted octanol–water partition coefficient (Wildman–Crippen LogP) is 3.14. The Balaban J connectivity index is 2.75. The quantitative estimate of drug-likeness (QED) is 0.878. The number of hydrogen-bond acceptors (Lipinski definition) is 3. The second-order valence-electron chi connectivity index (χ2n) is 4.79. The average Bonchev–Trinajstić information content (AvgIpc) is 2.27. The lowest BCUT2D eigenvalue weighted by Crippen LogP contribution is -2.24. The molecule has 0 amide bonds. The summed E-state index contributed by atoms with van der Waals surface area (Å²) < 4.78 is 0.943. The summed E-state index contributed by atoms with van der Waals surface area (Å²) in [6, 6.07) is 7.69. The van der Waals surface area contributed by atoms with E-state index in [1.165, 1.54) is 0 Å². The molecule has 0 aliphatic carbocycles. The summed E-state index contributed by atoms with van der Waals surface area (Å²) in [6.45, 7) is 5.07. The third-order valence-electron chi connectivity index (χ3n) is 2.65. The number of hydrogen-bond donors (Lipinski definition) is 2. The maximum Gasteiger partial charge on any atom is 0.101 e. The summed E-state index contributed by atoms with van der Waals surface area (Å²) in [4.78, 5) is 0. The number of aliphatic hydroxyl groups is 1. The van der Waals surface area contributed by atoms with E-state index in [9.17, 15) is 0 Å². The van der Waals surface area contributed by atoms with Crippen molar-refractivity contribution >= 4 is 21.6 Å². The molecule has 0 saturated carbocycles. The zero-order chi connectivity index (χ0) is 12.9. The summed E-state index contributed by atoms with van der Waals surface area (Å²) in [5.41, 5.74) is 1.46. The fourth-order valence-electron chi connectivity index (χ4n) is 1.49. The lowest BCUT2D eigenvalue weighted by atomic mass is 9.89. The maximum atomic E-state index is 9.00. The van der Waals surface area contributed by atoms with E-state index in [0.717, 1.165) is 23.1 Å². The minimum absolute atomic E-state index is 0.00376. The van der Waals surface area contributed by atoms with Gasteiger partial charge in [0.2, 0.25) is 0 Å². The number of rotatable bonds is 5. The number of nitrogens with zero attached hydrogens (tertiary/aromatic N) is 1. The van der Waals surface area contributed by atoms with Crippen LogP contribution in [0.4, 0.5) is 5.69 Å². The molecule has 0 radical (unpaired) electrons. The second kappa shape index (κ2) is 6.04. The molecule has 1 aromatic rings. The molecule has 3 nitrogen and oxygen atoms in total. The maximum absolute atomic E-state index is 9.00. The zero-order valence-electron chi connectivity index (χ0n) is 10.1. The molecule has 92 valence electrons. The van der Waals surface area contributed by atoms with Crippen LogP contribution in [0.15, 0.2) is 22.7 Å². The van der Waals surface area contributed by atoms with Crippen molar-refractivity contribution in [1.82, 2.24) is 0 Å². The third kappa shape index (κ3) is 4.37. The summed E-state index contributed by atoms with van der Waals surface area (Å²) >= 11 is 3.39. The molecular weight excluding hydrogens is 280 g/mol. The van der Waals surface area contributed by atoms with Crippen LogP contribution in [0.3, 0.4) is 0 Å². The number of nitrogens with one attached hydrogen (secondary N) is 1. The fourth-order valence-corrected chi connectivity index (χ4v) is 1.85. The molecule has 0 saturated heterocycles.